The Kier molecular flexibility index (Phi) is 134. The van der Waals surface area contributed by atoms with Gasteiger partial charge < -0.3 is 36.3 Å². The second-order valence-corrected chi connectivity index (χ2v) is 4.53. The van der Waals surface area contributed by atoms with Gasteiger partial charge >= 0.3 is 103 Å². The predicted molar refractivity (Wildman–Crippen MR) is 138 cm³/mol. The molecule has 0 amide bonds. The van der Waals surface area contributed by atoms with Gasteiger partial charge in [-0.15, -0.1) is 6.58 Å². The van der Waals surface area contributed by atoms with Crippen molar-refractivity contribution in [2.45, 2.75) is 27.7 Å². The Morgan fingerprint density at radius 3 is 1.40 bits per heavy atom. The van der Waals surface area contributed by atoms with Crippen LogP contribution in [0.25, 0.3) is 0 Å². The summed E-state index contributed by atoms with van der Waals surface area (Å²) in [7, 11) is 0. The standard InChI is InChI=1S/C9H10O.C6H6O.C3H5Br.2C2H6.CH2O3.2CH3.2K.2Y.H/c1-2-8-10-9-6-4-3-5-7-9;7-6-4-2-1-3-5-6;1-2-3-4;2*1-2;2-1-4-3;;;;;;;/h2-7H,1,8H2;1-5,7H;2H,1,3H2;2*1-2H3;1,3H;2*1H3;;;;;/q;;;;;;2*-1;2*+1;;;-1/p-1. The Hall–Kier alpha value is 2.91. The molecule has 0 spiro atoms. The molecule has 0 fully saturated rings. The van der Waals surface area contributed by atoms with Gasteiger partial charge in [0.2, 0.25) is 0 Å². The Balaban J connectivity index is -0.0000000242. The fourth-order valence-corrected chi connectivity index (χ4v) is 1.10. The molecule has 188 valence electrons. The molecule has 0 aliphatic rings. The number of benzene rings is 2. The molecule has 2 rings (SSSR count). The molecule has 0 atom stereocenters. The number of allylic oxidation sites excluding steroid dienone is 1. The second-order valence-electron chi connectivity index (χ2n) is 3.88. The van der Waals surface area contributed by atoms with Gasteiger partial charge in [0.15, 0.2) is 0 Å². The molecule has 1 N–H and O–H groups in total. The first kappa shape index (κ1) is 66.3. The van der Waals surface area contributed by atoms with Crippen LogP contribution in [0.2, 0.25) is 0 Å². The quantitative estimate of drug-likeness (QED) is 0.0927. The first-order valence-corrected chi connectivity index (χ1v) is 10.2. The van der Waals surface area contributed by atoms with Crippen molar-refractivity contribution in [1.82, 2.24) is 0 Å². The number of rotatable bonds is 5. The molecule has 35 heavy (non-hydrogen) atoms. The van der Waals surface area contributed by atoms with Gasteiger partial charge in [0.1, 0.15) is 18.1 Å². The topological polar surface area (TPSA) is 78.8 Å². The Bertz CT molecular complexity index is 555. The number of carbonyl (C=O) groups excluding carboxylic acids is 1. The van der Waals surface area contributed by atoms with Gasteiger partial charge in [0, 0.05) is 70.7 Å². The summed E-state index contributed by atoms with van der Waals surface area (Å²) in [6.07, 6.45) is 3.52. The maximum atomic E-state index is 8.64. The first-order valence-electron chi connectivity index (χ1n) is 9.08. The summed E-state index contributed by atoms with van der Waals surface area (Å²) >= 11 is 3.13. The molecular weight excluding hydrogens is 716 g/mol. The van der Waals surface area contributed by atoms with Crippen LogP contribution >= 0.6 is 15.9 Å². The summed E-state index contributed by atoms with van der Waals surface area (Å²) in [5, 5.41) is 18.0. The van der Waals surface area contributed by atoms with E-state index >= 15 is 0 Å². The SMILES string of the molecule is C=CCBr.C=CCOc1ccccc1.CC.CC.O=CO[O-].Oc1ccccc1.[CH3-].[CH3-].[H-].[K+].[K+].[Y].[Y]. The molecule has 0 aliphatic carbocycles. The van der Waals surface area contributed by atoms with E-state index in [-0.39, 0.29) is 191 Å². The molecule has 0 heterocycles. The monoisotopic (exact) mass is 756 g/mol. The van der Waals surface area contributed by atoms with E-state index in [0.717, 1.165) is 11.1 Å². The van der Waals surface area contributed by atoms with E-state index in [0.29, 0.717) is 12.4 Å². The Morgan fingerprint density at radius 2 is 1.20 bits per heavy atom. The molecule has 2 aromatic carbocycles. The van der Waals surface area contributed by atoms with Crippen molar-refractivity contribution in [3.8, 4) is 11.5 Å². The molecule has 0 bridgehead atoms. The molecule has 0 aromatic heterocycles. The van der Waals surface area contributed by atoms with Crippen LogP contribution in [0.1, 0.15) is 29.1 Å². The second kappa shape index (κ2) is 70.9. The number of phenols is 1. The fourth-order valence-electron chi connectivity index (χ4n) is 1.10. The van der Waals surface area contributed by atoms with Crippen LogP contribution in [0.5, 0.6) is 11.5 Å². The minimum Gasteiger partial charge on any atom is -1.00 e. The van der Waals surface area contributed by atoms with Crippen LogP contribution in [-0.4, -0.2) is 23.5 Å². The third-order valence-corrected chi connectivity index (χ3v) is 2.47. The predicted octanol–water partition coefficient (Wildman–Crippen LogP) is 0.714. The maximum absolute atomic E-state index is 8.64. The number of carbonyl (C=O) groups is 1. The molecule has 10 heteroatoms. The summed E-state index contributed by atoms with van der Waals surface area (Å²) < 4.78 is 5.24. The molecule has 0 saturated carbocycles. The number of hydrogen-bond acceptors (Lipinski definition) is 5. The van der Waals surface area contributed by atoms with Gasteiger partial charge in [0.05, 0.1) is 0 Å². The van der Waals surface area contributed by atoms with E-state index in [1.807, 2.05) is 64.1 Å². The van der Waals surface area contributed by atoms with Gasteiger partial charge in [-0.2, -0.15) is 0 Å². The molecule has 2 radical (unpaired) electrons. The smallest absolute Gasteiger partial charge is 1.00 e. The van der Waals surface area contributed by atoms with E-state index in [4.69, 9.17) is 19.9 Å². The van der Waals surface area contributed by atoms with Crippen LogP contribution in [0, 0.1) is 14.9 Å². The summed E-state index contributed by atoms with van der Waals surface area (Å²) in [5.41, 5.74) is 0. The molecule has 5 nitrogen and oxygen atoms in total. The van der Waals surface area contributed by atoms with Crippen LogP contribution in [-0.2, 0) is 75.1 Å². The zero-order valence-electron chi connectivity index (χ0n) is 23.9. The van der Waals surface area contributed by atoms with Crippen LogP contribution in [0.15, 0.2) is 86.0 Å². The molecule has 2 aromatic rings. The Labute approximate surface area is 361 Å². The van der Waals surface area contributed by atoms with Crippen molar-refractivity contribution < 1.29 is 194 Å². The van der Waals surface area contributed by atoms with Gasteiger partial charge in [-0.25, -0.2) is 0 Å². The van der Waals surface area contributed by atoms with Gasteiger partial charge in [-0.05, 0) is 24.3 Å². The first-order chi connectivity index (χ1) is 14.2. The maximum Gasteiger partial charge on any atom is 1.00 e. The largest absolute Gasteiger partial charge is 1.00 e. The summed E-state index contributed by atoms with van der Waals surface area (Å²) in [5.74, 6) is 1.21. The molecule has 0 saturated heterocycles. The number of phenolic OH excluding ortho intramolecular Hbond substituents is 1. The van der Waals surface area contributed by atoms with E-state index in [1.165, 1.54) is 0 Å². The zero-order valence-corrected chi connectivity index (χ0v) is 36.5. The molecule has 0 unspecified atom stereocenters. The van der Waals surface area contributed by atoms with Crippen LogP contribution in [0.4, 0.5) is 0 Å². The average molecular weight is 758 g/mol. The number of alkyl halides is 1. The van der Waals surface area contributed by atoms with E-state index < -0.39 is 0 Å². The van der Waals surface area contributed by atoms with E-state index in [9.17, 15) is 0 Å². The van der Waals surface area contributed by atoms with Crippen molar-refractivity contribution in [2.24, 2.45) is 0 Å². The van der Waals surface area contributed by atoms with Crippen molar-refractivity contribution in [3.05, 3.63) is 101 Å². The van der Waals surface area contributed by atoms with Crippen molar-refractivity contribution >= 4 is 22.4 Å². The van der Waals surface area contributed by atoms with Crippen LogP contribution in [0.3, 0.4) is 0 Å². The van der Waals surface area contributed by atoms with E-state index in [2.05, 4.69) is 34.0 Å². The van der Waals surface area contributed by atoms with Gasteiger partial charge in [-0.1, -0.05) is 98.8 Å². The third-order valence-electron chi connectivity index (χ3n) is 2.02. The van der Waals surface area contributed by atoms with Gasteiger partial charge in [0.25, 0.3) is 6.47 Å². The number of hydrogen-bond donors (Lipinski definition) is 1. The fraction of sp³-hybridized carbons (Fsp3) is 0.240. The molecular formula is C25H41BrK2O5Y2-2. The normalized spacial score (nSPS) is 5.89. The summed E-state index contributed by atoms with van der Waals surface area (Å²) in [4.78, 5) is 11.2. The number of ether oxygens (including phenoxy) is 1. The molecule has 0 aliphatic heterocycles. The van der Waals surface area contributed by atoms with Crippen molar-refractivity contribution in [1.29, 1.82) is 0 Å². The van der Waals surface area contributed by atoms with Crippen LogP contribution < -0.4 is 113 Å². The third kappa shape index (κ3) is 72.5. The minimum atomic E-state index is -0.181. The van der Waals surface area contributed by atoms with Crippen molar-refractivity contribution in [2.75, 3.05) is 11.9 Å². The summed E-state index contributed by atoms with van der Waals surface area (Å²) in [6, 6.07) is 18.4. The summed E-state index contributed by atoms with van der Waals surface area (Å²) in [6.45, 7) is 15.4. The average Bonchev–Trinajstić information content (AvgIpc) is 2.82. The number of para-hydroxylation sites is 2. The van der Waals surface area contributed by atoms with Crippen molar-refractivity contribution in [3.63, 3.8) is 0 Å². The zero-order chi connectivity index (χ0) is 23.2. The number of aromatic hydroxyl groups is 1. The van der Waals surface area contributed by atoms with Gasteiger partial charge in [-0.3, -0.25) is 4.79 Å². The Morgan fingerprint density at radius 1 is 0.886 bits per heavy atom. The minimum absolute atomic E-state index is 0. The van der Waals surface area contributed by atoms with E-state index in [1.54, 1.807) is 36.4 Å². The number of halogens is 1.